The second kappa shape index (κ2) is 6.10. The summed E-state index contributed by atoms with van der Waals surface area (Å²) < 4.78 is 29.0. The first-order valence-corrected chi connectivity index (χ1v) is 10.1. The molecule has 0 saturated carbocycles. The molecule has 2 aromatic rings. The smallest absolute Gasteiger partial charge is 0.262 e. The number of aromatic nitrogens is 3. The molecule has 2 fully saturated rings. The normalized spacial score (nSPS) is 24.9. The Balaban J connectivity index is 1.53. The number of aryl methyl sites for hydroxylation is 1. The molecule has 134 valence electrons. The van der Waals surface area contributed by atoms with Gasteiger partial charge in [0.1, 0.15) is 5.82 Å². The van der Waals surface area contributed by atoms with E-state index in [2.05, 4.69) is 14.9 Å². The molecule has 0 aromatic carbocycles. The first kappa shape index (κ1) is 16.5. The highest BCUT2D eigenvalue weighted by Crippen LogP contribution is 2.41. The third kappa shape index (κ3) is 3.04. The largest absolute Gasteiger partial charge is 0.356 e. The molecule has 4 heterocycles. The monoisotopic (exact) mass is 361 g/mol. The van der Waals surface area contributed by atoms with Crippen LogP contribution in [0.5, 0.6) is 0 Å². The summed E-state index contributed by atoms with van der Waals surface area (Å²) in [5.74, 6) is 0.979. The molecule has 25 heavy (non-hydrogen) atoms. The maximum Gasteiger partial charge on any atom is 0.262 e. The molecule has 2 aliphatic heterocycles. The zero-order valence-corrected chi connectivity index (χ0v) is 15.2. The summed E-state index contributed by atoms with van der Waals surface area (Å²) in [5, 5.41) is 0.143. The Kier molecular flexibility index (Phi) is 4.04. The molecule has 4 rings (SSSR count). The van der Waals surface area contributed by atoms with Gasteiger partial charge in [-0.1, -0.05) is 6.07 Å². The van der Waals surface area contributed by atoms with Crippen LogP contribution in [0.15, 0.2) is 41.9 Å². The molecule has 2 saturated heterocycles. The van der Waals surface area contributed by atoms with Gasteiger partial charge in [0.25, 0.3) is 10.0 Å². The van der Waals surface area contributed by atoms with Crippen molar-refractivity contribution in [2.24, 2.45) is 12.5 Å². The third-order valence-electron chi connectivity index (χ3n) is 5.32. The van der Waals surface area contributed by atoms with E-state index in [9.17, 15) is 8.42 Å². The van der Waals surface area contributed by atoms with E-state index < -0.39 is 10.0 Å². The van der Waals surface area contributed by atoms with Crippen molar-refractivity contribution in [3.63, 3.8) is 0 Å². The van der Waals surface area contributed by atoms with Gasteiger partial charge in [-0.3, -0.25) is 0 Å². The fourth-order valence-electron chi connectivity index (χ4n) is 4.03. The van der Waals surface area contributed by atoms with Crippen LogP contribution in [0.4, 0.5) is 5.82 Å². The van der Waals surface area contributed by atoms with E-state index in [-0.39, 0.29) is 10.4 Å². The first-order valence-electron chi connectivity index (χ1n) is 8.63. The highest BCUT2D eigenvalue weighted by atomic mass is 32.2. The lowest BCUT2D eigenvalue weighted by Crippen LogP contribution is -2.45. The van der Waals surface area contributed by atoms with Gasteiger partial charge in [-0.15, -0.1) is 0 Å². The lowest BCUT2D eigenvalue weighted by Gasteiger charge is -2.41. The Labute approximate surface area is 148 Å². The van der Waals surface area contributed by atoms with E-state index in [1.807, 2.05) is 24.4 Å². The molecular weight excluding hydrogens is 338 g/mol. The summed E-state index contributed by atoms with van der Waals surface area (Å²) >= 11 is 0. The van der Waals surface area contributed by atoms with Gasteiger partial charge in [0, 0.05) is 51.0 Å². The van der Waals surface area contributed by atoms with Gasteiger partial charge in [0.05, 0.1) is 6.33 Å². The van der Waals surface area contributed by atoms with Gasteiger partial charge in [0.15, 0.2) is 5.03 Å². The molecule has 0 amide bonds. The Morgan fingerprint density at radius 3 is 2.72 bits per heavy atom. The fourth-order valence-corrected chi connectivity index (χ4v) is 5.55. The highest BCUT2D eigenvalue weighted by Gasteiger charge is 2.45. The predicted octanol–water partition coefficient (Wildman–Crippen LogP) is 1.50. The van der Waals surface area contributed by atoms with Crippen LogP contribution in [-0.4, -0.2) is 53.4 Å². The summed E-state index contributed by atoms with van der Waals surface area (Å²) in [5.41, 5.74) is 0.0115. The molecule has 8 heteroatoms. The number of hydrogen-bond acceptors (Lipinski definition) is 5. The van der Waals surface area contributed by atoms with E-state index in [0.717, 1.165) is 38.2 Å². The molecular formula is C17H23N5O2S. The number of hydrogen-bond donors (Lipinski definition) is 0. The standard InChI is InChI=1S/C17H23N5O2S/c1-20-11-16(19-14-20)25(23,24)22-10-7-17(13-22)6-4-9-21(12-17)15-5-2-3-8-18-15/h2-3,5,8,11,14H,4,6-7,9-10,12-13H2,1H3/t17-/m0/s1. The zero-order chi connectivity index (χ0) is 17.5. The first-order chi connectivity index (χ1) is 12.0. The van der Waals surface area contributed by atoms with Gasteiger partial charge < -0.3 is 9.47 Å². The summed E-state index contributed by atoms with van der Waals surface area (Å²) in [6.45, 7) is 2.97. The Bertz CT molecular complexity index is 851. The SMILES string of the molecule is Cn1cnc(S(=O)(=O)N2CC[C@]3(CCCN(c4ccccn4)C3)C2)c1. The molecule has 0 radical (unpaired) electrons. The molecule has 7 nitrogen and oxygen atoms in total. The molecule has 2 aromatic heterocycles. The van der Waals surface area contributed by atoms with E-state index >= 15 is 0 Å². The third-order valence-corrected chi connectivity index (χ3v) is 7.05. The molecule has 0 unspecified atom stereocenters. The van der Waals surface area contributed by atoms with Gasteiger partial charge in [-0.2, -0.15) is 4.31 Å². The van der Waals surface area contributed by atoms with Crippen molar-refractivity contribution in [3.05, 3.63) is 36.9 Å². The van der Waals surface area contributed by atoms with Crippen LogP contribution in [0, 0.1) is 5.41 Å². The molecule has 0 aliphatic carbocycles. The van der Waals surface area contributed by atoms with Gasteiger partial charge in [-0.05, 0) is 31.4 Å². The van der Waals surface area contributed by atoms with Crippen LogP contribution < -0.4 is 4.90 Å². The number of anilines is 1. The average molecular weight is 361 g/mol. The lowest BCUT2D eigenvalue weighted by atomic mass is 9.79. The zero-order valence-electron chi connectivity index (χ0n) is 14.4. The number of rotatable bonds is 3. The predicted molar refractivity (Wildman–Crippen MR) is 94.7 cm³/mol. The van der Waals surface area contributed by atoms with Crippen molar-refractivity contribution in [2.45, 2.75) is 24.3 Å². The summed E-state index contributed by atoms with van der Waals surface area (Å²) in [7, 11) is -1.73. The minimum atomic E-state index is -3.51. The van der Waals surface area contributed by atoms with E-state index in [0.29, 0.717) is 13.1 Å². The molecule has 1 spiro atoms. The van der Waals surface area contributed by atoms with Crippen LogP contribution >= 0.6 is 0 Å². The Morgan fingerprint density at radius 2 is 2.00 bits per heavy atom. The van der Waals surface area contributed by atoms with Crippen LogP contribution in [0.2, 0.25) is 0 Å². The second-order valence-corrected chi connectivity index (χ2v) is 9.06. The lowest BCUT2D eigenvalue weighted by molar-refractivity contribution is 0.246. The molecule has 1 atom stereocenters. The molecule has 2 aliphatic rings. The average Bonchev–Trinajstić information content (AvgIpc) is 3.23. The molecule has 0 bridgehead atoms. The van der Waals surface area contributed by atoms with E-state index in [1.54, 1.807) is 22.1 Å². The minimum absolute atomic E-state index is 0.0115. The fraction of sp³-hybridized carbons (Fsp3) is 0.529. The van der Waals surface area contributed by atoms with Gasteiger partial charge >= 0.3 is 0 Å². The second-order valence-electron chi connectivity index (χ2n) is 7.18. The van der Waals surface area contributed by atoms with Crippen molar-refractivity contribution >= 4 is 15.8 Å². The van der Waals surface area contributed by atoms with E-state index in [4.69, 9.17) is 0 Å². The molecule has 0 N–H and O–H groups in total. The Morgan fingerprint density at radius 1 is 1.12 bits per heavy atom. The highest BCUT2D eigenvalue weighted by molar-refractivity contribution is 7.89. The number of imidazole rings is 1. The van der Waals surface area contributed by atoms with Crippen molar-refractivity contribution in [2.75, 3.05) is 31.1 Å². The quantitative estimate of drug-likeness (QED) is 0.828. The minimum Gasteiger partial charge on any atom is -0.356 e. The van der Waals surface area contributed by atoms with Crippen molar-refractivity contribution < 1.29 is 8.42 Å². The maximum absolute atomic E-state index is 12.8. The van der Waals surface area contributed by atoms with Gasteiger partial charge in [0.2, 0.25) is 0 Å². The summed E-state index contributed by atoms with van der Waals surface area (Å²) in [4.78, 5) is 10.8. The number of piperidine rings is 1. The summed E-state index contributed by atoms with van der Waals surface area (Å²) in [6.07, 6.45) is 7.92. The van der Waals surface area contributed by atoms with Gasteiger partial charge in [-0.25, -0.2) is 18.4 Å². The van der Waals surface area contributed by atoms with Crippen LogP contribution in [0.1, 0.15) is 19.3 Å². The number of nitrogens with zero attached hydrogens (tertiary/aromatic N) is 5. The van der Waals surface area contributed by atoms with Crippen molar-refractivity contribution in [3.8, 4) is 0 Å². The summed E-state index contributed by atoms with van der Waals surface area (Å²) in [6, 6.07) is 5.94. The van der Waals surface area contributed by atoms with Crippen LogP contribution in [0.25, 0.3) is 0 Å². The topological polar surface area (TPSA) is 71.3 Å². The van der Waals surface area contributed by atoms with Crippen molar-refractivity contribution in [1.82, 2.24) is 18.8 Å². The van der Waals surface area contributed by atoms with Crippen LogP contribution in [-0.2, 0) is 17.1 Å². The maximum atomic E-state index is 12.8. The number of sulfonamides is 1. The van der Waals surface area contributed by atoms with Crippen LogP contribution in [0.3, 0.4) is 0 Å². The number of pyridine rings is 1. The van der Waals surface area contributed by atoms with E-state index in [1.165, 1.54) is 6.33 Å². The van der Waals surface area contributed by atoms with Crippen molar-refractivity contribution in [1.29, 1.82) is 0 Å². The Hall–Kier alpha value is -1.93.